The minimum atomic E-state index is -0.344. The van der Waals surface area contributed by atoms with Crippen LogP contribution in [-0.2, 0) is 5.75 Å². The van der Waals surface area contributed by atoms with Gasteiger partial charge in [-0.2, -0.15) is 0 Å². The molecule has 27 heavy (non-hydrogen) atoms. The fraction of sp³-hybridized carbons (Fsp3) is 0.0556. The second-order valence-electron chi connectivity index (χ2n) is 5.50. The highest BCUT2D eigenvalue weighted by Gasteiger charge is 2.08. The standard InChI is InChI=1S/C18H15ClFN5OS/c19-11-1-7-15(8-2-11)27-10-14-9-16(26)24-18(23-14)25-17(21)22-13-5-3-12(20)4-6-13/h1-9H,10H2,(H4,21,22,23,24,25,26)/p+1. The number of aromatic amines is 1. The van der Waals surface area contributed by atoms with Crippen molar-refractivity contribution < 1.29 is 9.38 Å². The Morgan fingerprint density at radius 3 is 2.63 bits per heavy atom. The Bertz CT molecular complexity index is 1010. The van der Waals surface area contributed by atoms with Crippen molar-refractivity contribution in [1.29, 1.82) is 0 Å². The van der Waals surface area contributed by atoms with Crippen LogP contribution in [-0.4, -0.2) is 15.9 Å². The van der Waals surface area contributed by atoms with E-state index in [2.05, 4.69) is 20.3 Å². The van der Waals surface area contributed by atoms with E-state index in [4.69, 9.17) is 17.3 Å². The summed E-state index contributed by atoms with van der Waals surface area (Å²) in [5, 5.41) is 3.52. The Kier molecular flexibility index (Phi) is 6.10. The third-order valence-electron chi connectivity index (χ3n) is 3.37. The van der Waals surface area contributed by atoms with Gasteiger partial charge in [-0.1, -0.05) is 11.6 Å². The molecule has 138 valence electrons. The number of nitrogens with two attached hydrogens (primary N) is 1. The Hall–Kier alpha value is -2.84. The van der Waals surface area contributed by atoms with Crippen LogP contribution in [0.1, 0.15) is 5.69 Å². The fourth-order valence-corrected chi connectivity index (χ4v) is 3.09. The van der Waals surface area contributed by atoms with Gasteiger partial charge in [0.25, 0.3) is 11.5 Å². The smallest absolute Gasteiger partial charge is 0.322 e. The number of thioether (sulfide) groups is 1. The number of halogens is 2. The van der Waals surface area contributed by atoms with E-state index in [-0.39, 0.29) is 23.3 Å². The van der Waals surface area contributed by atoms with E-state index in [0.29, 0.717) is 22.2 Å². The molecule has 0 aliphatic rings. The summed E-state index contributed by atoms with van der Waals surface area (Å²) in [5.41, 5.74) is 6.77. The SMILES string of the molecule is NC(Nc1ccc(F)cc1)=[NH+]c1nc(CSc2ccc(Cl)cc2)cc(=O)[nH]1. The molecular weight excluding hydrogens is 389 g/mol. The number of guanidine groups is 1. The zero-order chi connectivity index (χ0) is 19.2. The van der Waals surface area contributed by atoms with Gasteiger partial charge in [0.15, 0.2) is 0 Å². The van der Waals surface area contributed by atoms with Crippen molar-refractivity contribution in [2.75, 3.05) is 5.32 Å². The van der Waals surface area contributed by atoms with E-state index >= 15 is 0 Å². The maximum atomic E-state index is 12.9. The quantitative estimate of drug-likeness (QED) is 0.296. The number of hydrogen-bond acceptors (Lipinski definition) is 3. The Morgan fingerprint density at radius 1 is 1.22 bits per heavy atom. The molecule has 1 heterocycles. The van der Waals surface area contributed by atoms with Crippen molar-refractivity contribution in [2.24, 2.45) is 5.73 Å². The van der Waals surface area contributed by atoms with E-state index in [1.165, 1.54) is 30.0 Å². The highest BCUT2D eigenvalue weighted by atomic mass is 35.5. The van der Waals surface area contributed by atoms with Crippen LogP contribution in [0.25, 0.3) is 0 Å². The van der Waals surface area contributed by atoms with Gasteiger partial charge in [0, 0.05) is 16.0 Å². The largest absolute Gasteiger partial charge is 0.325 e. The predicted molar refractivity (Wildman–Crippen MR) is 106 cm³/mol. The molecule has 0 atom stereocenters. The minimum Gasteiger partial charge on any atom is -0.322 e. The first-order chi connectivity index (χ1) is 13.0. The molecule has 1 aromatic heterocycles. The maximum absolute atomic E-state index is 12.9. The number of nitrogens with zero attached hydrogens (tertiary/aromatic N) is 1. The summed E-state index contributed by atoms with van der Waals surface area (Å²) in [6, 6.07) is 14.5. The number of rotatable bonds is 5. The van der Waals surface area contributed by atoms with Gasteiger partial charge in [0.2, 0.25) is 0 Å². The summed E-state index contributed by atoms with van der Waals surface area (Å²) in [4.78, 5) is 22.6. The summed E-state index contributed by atoms with van der Waals surface area (Å²) in [7, 11) is 0. The molecule has 0 aliphatic heterocycles. The van der Waals surface area contributed by atoms with Gasteiger partial charge in [-0.15, -0.1) is 16.7 Å². The maximum Gasteiger partial charge on any atom is 0.325 e. The van der Waals surface area contributed by atoms with Crippen molar-refractivity contribution >= 4 is 41.0 Å². The molecule has 0 unspecified atom stereocenters. The Balaban J connectivity index is 1.71. The zero-order valence-corrected chi connectivity index (χ0v) is 15.6. The number of nitrogens with one attached hydrogen (secondary N) is 3. The van der Waals surface area contributed by atoms with Crippen LogP contribution in [0.5, 0.6) is 0 Å². The van der Waals surface area contributed by atoms with E-state index in [1.54, 1.807) is 24.3 Å². The second-order valence-corrected chi connectivity index (χ2v) is 6.98. The van der Waals surface area contributed by atoms with Crippen molar-refractivity contribution in [3.63, 3.8) is 0 Å². The average molecular weight is 405 g/mol. The second kappa shape index (κ2) is 8.70. The molecule has 0 saturated carbocycles. The van der Waals surface area contributed by atoms with Crippen LogP contribution in [0, 0.1) is 5.82 Å². The molecule has 2 aromatic carbocycles. The molecule has 6 nitrogen and oxygen atoms in total. The van der Waals surface area contributed by atoms with Crippen LogP contribution in [0.4, 0.5) is 16.0 Å². The van der Waals surface area contributed by atoms with Gasteiger partial charge in [0.05, 0.1) is 11.4 Å². The third kappa shape index (κ3) is 5.83. The lowest BCUT2D eigenvalue weighted by Gasteiger charge is -2.02. The van der Waals surface area contributed by atoms with Crippen LogP contribution in [0.3, 0.4) is 0 Å². The Labute approximate surface area is 163 Å². The number of aromatic nitrogens is 2. The predicted octanol–water partition coefficient (Wildman–Crippen LogP) is 1.99. The summed E-state index contributed by atoms with van der Waals surface area (Å²) < 4.78 is 12.9. The van der Waals surface area contributed by atoms with Crippen LogP contribution in [0.15, 0.2) is 64.3 Å². The monoisotopic (exact) mass is 404 g/mol. The lowest BCUT2D eigenvalue weighted by atomic mass is 10.3. The summed E-state index contributed by atoms with van der Waals surface area (Å²) in [5.74, 6) is 0.517. The molecule has 5 N–H and O–H groups in total. The van der Waals surface area contributed by atoms with Crippen LogP contribution >= 0.6 is 23.4 Å². The molecule has 0 saturated heterocycles. The number of H-pyrrole nitrogens is 1. The van der Waals surface area contributed by atoms with Crippen LogP contribution < -0.4 is 21.6 Å². The molecule has 0 fully saturated rings. The number of benzene rings is 2. The first kappa shape index (κ1) is 18.9. The average Bonchev–Trinajstić information content (AvgIpc) is 2.63. The molecule has 0 aliphatic carbocycles. The first-order valence-corrected chi connectivity index (χ1v) is 9.25. The highest BCUT2D eigenvalue weighted by Crippen LogP contribution is 2.23. The fourth-order valence-electron chi connectivity index (χ4n) is 2.18. The van der Waals surface area contributed by atoms with E-state index in [1.807, 2.05) is 12.1 Å². The first-order valence-electron chi connectivity index (χ1n) is 7.88. The van der Waals surface area contributed by atoms with Crippen molar-refractivity contribution in [3.8, 4) is 0 Å². The molecule has 9 heteroatoms. The molecule has 0 amide bonds. The number of anilines is 1. The van der Waals surface area contributed by atoms with Gasteiger partial charge in [0.1, 0.15) is 11.5 Å². The van der Waals surface area contributed by atoms with E-state index in [0.717, 1.165) is 4.90 Å². The molecule has 0 radical (unpaired) electrons. The van der Waals surface area contributed by atoms with Crippen molar-refractivity contribution in [3.05, 3.63) is 81.5 Å². The normalized spacial score (nSPS) is 11.4. The van der Waals surface area contributed by atoms with Gasteiger partial charge in [-0.05, 0) is 48.5 Å². The molecule has 3 aromatic rings. The highest BCUT2D eigenvalue weighted by molar-refractivity contribution is 7.98. The van der Waals surface area contributed by atoms with Crippen molar-refractivity contribution in [1.82, 2.24) is 9.97 Å². The third-order valence-corrected chi connectivity index (χ3v) is 4.67. The molecule has 3 rings (SSSR count). The molecular formula is C18H16ClFN5OS+. The summed E-state index contributed by atoms with van der Waals surface area (Å²) >= 11 is 7.40. The molecule has 0 bridgehead atoms. The van der Waals surface area contributed by atoms with Gasteiger partial charge < -0.3 is 5.73 Å². The van der Waals surface area contributed by atoms with E-state index < -0.39 is 0 Å². The topological polar surface area (TPSA) is 97.8 Å². The van der Waals surface area contributed by atoms with Gasteiger partial charge >= 0.3 is 5.95 Å². The van der Waals surface area contributed by atoms with E-state index in [9.17, 15) is 9.18 Å². The number of hydrogen-bond donors (Lipinski definition) is 4. The minimum absolute atomic E-state index is 0.146. The lowest BCUT2D eigenvalue weighted by Crippen LogP contribution is -2.73. The summed E-state index contributed by atoms with van der Waals surface area (Å²) in [6.45, 7) is 0. The summed E-state index contributed by atoms with van der Waals surface area (Å²) in [6.07, 6.45) is 0. The zero-order valence-electron chi connectivity index (χ0n) is 14.0. The van der Waals surface area contributed by atoms with Gasteiger partial charge in [-0.3, -0.25) is 10.1 Å². The lowest BCUT2D eigenvalue weighted by molar-refractivity contribution is -0.365. The molecule has 0 spiro atoms. The van der Waals surface area contributed by atoms with Crippen molar-refractivity contribution in [2.45, 2.75) is 10.6 Å². The van der Waals surface area contributed by atoms with Crippen LogP contribution in [0.2, 0.25) is 5.02 Å². The Morgan fingerprint density at radius 2 is 1.93 bits per heavy atom. The van der Waals surface area contributed by atoms with Gasteiger partial charge in [-0.25, -0.2) is 14.4 Å².